The number of aliphatic hydroxyl groups is 1. The molecule has 2 rings (SSSR count). The third-order valence-electron chi connectivity index (χ3n) is 3.21. The summed E-state index contributed by atoms with van der Waals surface area (Å²) in [5.41, 5.74) is 2.36. The van der Waals surface area contributed by atoms with E-state index in [9.17, 15) is 5.11 Å². The molecule has 3 heteroatoms. The van der Waals surface area contributed by atoms with Crippen molar-refractivity contribution in [3.05, 3.63) is 29.3 Å². The highest BCUT2D eigenvalue weighted by atomic mass is 16.5. The molecule has 0 spiro atoms. The van der Waals surface area contributed by atoms with Gasteiger partial charge in [0.25, 0.3) is 0 Å². The lowest BCUT2D eigenvalue weighted by Gasteiger charge is -2.15. The first kappa shape index (κ1) is 12.4. The average Bonchev–Trinajstić information content (AvgIpc) is 3.12. The van der Waals surface area contributed by atoms with E-state index in [1.165, 1.54) is 18.4 Å². The van der Waals surface area contributed by atoms with E-state index in [2.05, 4.69) is 18.3 Å². The second-order valence-electron chi connectivity index (χ2n) is 4.85. The first-order valence-corrected chi connectivity index (χ1v) is 6.27. The van der Waals surface area contributed by atoms with E-state index in [1.54, 1.807) is 0 Å². The standard InChI is InChI=1S/C14H21NO2/c1-10-4-3-5-14(11(10)2)17-9-13(16)8-15-12-6-7-12/h3-5,12-13,15-16H,6-9H2,1-2H3. The first-order chi connectivity index (χ1) is 8.16. The molecule has 1 aliphatic carbocycles. The minimum absolute atomic E-state index is 0.351. The molecular formula is C14H21NO2. The Morgan fingerprint density at radius 2 is 2.18 bits per heavy atom. The summed E-state index contributed by atoms with van der Waals surface area (Å²) in [6.07, 6.45) is 2.05. The average molecular weight is 235 g/mol. The van der Waals surface area contributed by atoms with Gasteiger partial charge in [0.05, 0.1) is 0 Å². The zero-order valence-electron chi connectivity index (χ0n) is 10.6. The molecule has 0 saturated heterocycles. The molecule has 0 amide bonds. The highest BCUT2D eigenvalue weighted by Crippen LogP contribution is 2.21. The molecule has 1 aliphatic rings. The molecule has 1 fully saturated rings. The minimum Gasteiger partial charge on any atom is -0.491 e. The number of rotatable bonds is 6. The van der Waals surface area contributed by atoms with Crippen molar-refractivity contribution in [1.29, 1.82) is 0 Å². The monoisotopic (exact) mass is 235 g/mol. The van der Waals surface area contributed by atoms with Gasteiger partial charge < -0.3 is 15.2 Å². The van der Waals surface area contributed by atoms with Crippen molar-refractivity contribution in [2.45, 2.75) is 38.8 Å². The Morgan fingerprint density at radius 1 is 1.41 bits per heavy atom. The van der Waals surface area contributed by atoms with Crippen LogP contribution < -0.4 is 10.1 Å². The van der Waals surface area contributed by atoms with Crippen LogP contribution in [0.4, 0.5) is 0 Å². The predicted octanol–water partition coefficient (Wildman–Crippen LogP) is 1.80. The van der Waals surface area contributed by atoms with Crippen molar-refractivity contribution in [1.82, 2.24) is 5.32 Å². The van der Waals surface area contributed by atoms with Crippen molar-refractivity contribution in [2.75, 3.05) is 13.2 Å². The first-order valence-electron chi connectivity index (χ1n) is 6.27. The fraction of sp³-hybridized carbons (Fsp3) is 0.571. The summed E-state index contributed by atoms with van der Waals surface area (Å²) in [6, 6.07) is 6.62. The van der Waals surface area contributed by atoms with Crippen molar-refractivity contribution in [2.24, 2.45) is 0 Å². The van der Waals surface area contributed by atoms with Gasteiger partial charge in [-0.15, -0.1) is 0 Å². The van der Waals surface area contributed by atoms with Crippen molar-refractivity contribution in [3.8, 4) is 5.75 Å². The molecule has 1 saturated carbocycles. The SMILES string of the molecule is Cc1cccc(OCC(O)CNC2CC2)c1C. The quantitative estimate of drug-likeness (QED) is 0.790. The fourth-order valence-corrected chi connectivity index (χ4v) is 1.72. The lowest BCUT2D eigenvalue weighted by atomic mass is 10.1. The molecule has 1 atom stereocenters. The molecule has 1 unspecified atom stereocenters. The molecule has 0 aromatic heterocycles. The largest absolute Gasteiger partial charge is 0.491 e. The Labute approximate surface area is 103 Å². The Balaban J connectivity index is 1.77. The molecule has 0 heterocycles. The van der Waals surface area contributed by atoms with Crippen molar-refractivity contribution >= 4 is 0 Å². The van der Waals surface area contributed by atoms with E-state index in [1.807, 2.05) is 19.1 Å². The molecule has 2 N–H and O–H groups in total. The zero-order chi connectivity index (χ0) is 12.3. The van der Waals surface area contributed by atoms with Gasteiger partial charge in [0.2, 0.25) is 0 Å². The van der Waals surface area contributed by atoms with Crippen LogP contribution in [-0.4, -0.2) is 30.4 Å². The smallest absolute Gasteiger partial charge is 0.122 e. The van der Waals surface area contributed by atoms with Crippen LogP contribution >= 0.6 is 0 Å². The number of benzene rings is 1. The van der Waals surface area contributed by atoms with Crippen molar-refractivity contribution < 1.29 is 9.84 Å². The Morgan fingerprint density at radius 3 is 2.88 bits per heavy atom. The lowest BCUT2D eigenvalue weighted by Crippen LogP contribution is -2.32. The van der Waals surface area contributed by atoms with E-state index in [0.29, 0.717) is 19.2 Å². The molecule has 3 nitrogen and oxygen atoms in total. The van der Waals surface area contributed by atoms with Gasteiger partial charge in [0.1, 0.15) is 18.5 Å². The van der Waals surface area contributed by atoms with Crippen LogP contribution in [0, 0.1) is 13.8 Å². The van der Waals surface area contributed by atoms with Crippen LogP contribution in [0.1, 0.15) is 24.0 Å². The summed E-state index contributed by atoms with van der Waals surface area (Å²) >= 11 is 0. The second kappa shape index (κ2) is 5.52. The topological polar surface area (TPSA) is 41.5 Å². The number of nitrogens with one attached hydrogen (secondary N) is 1. The van der Waals surface area contributed by atoms with E-state index < -0.39 is 6.10 Å². The maximum Gasteiger partial charge on any atom is 0.122 e. The summed E-state index contributed by atoms with van der Waals surface area (Å²) in [5.74, 6) is 0.871. The zero-order valence-corrected chi connectivity index (χ0v) is 10.6. The highest BCUT2D eigenvalue weighted by Gasteiger charge is 2.21. The summed E-state index contributed by atoms with van der Waals surface area (Å²) in [5, 5.41) is 13.0. The second-order valence-corrected chi connectivity index (χ2v) is 4.85. The molecule has 0 radical (unpaired) electrons. The summed E-state index contributed by atoms with van der Waals surface area (Å²) < 4.78 is 5.64. The normalized spacial score (nSPS) is 16.9. The third kappa shape index (κ3) is 3.72. The lowest BCUT2D eigenvalue weighted by molar-refractivity contribution is 0.106. The Bertz CT molecular complexity index is 374. The van der Waals surface area contributed by atoms with Crippen LogP contribution in [0.3, 0.4) is 0 Å². The van der Waals surface area contributed by atoms with Gasteiger partial charge in [-0.3, -0.25) is 0 Å². The van der Waals surface area contributed by atoms with Gasteiger partial charge in [-0.25, -0.2) is 0 Å². The third-order valence-corrected chi connectivity index (χ3v) is 3.21. The molecule has 17 heavy (non-hydrogen) atoms. The van der Waals surface area contributed by atoms with E-state index in [0.717, 1.165) is 11.3 Å². The fourth-order valence-electron chi connectivity index (χ4n) is 1.72. The van der Waals surface area contributed by atoms with E-state index in [4.69, 9.17) is 4.74 Å². The maximum absolute atomic E-state index is 9.76. The molecule has 1 aromatic carbocycles. The van der Waals surface area contributed by atoms with Gasteiger partial charge in [0.15, 0.2) is 0 Å². The molecule has 1 aromatic rings. The Hall–Kier alpha value is -1.06. The van der Waals surface area contributed by atoms with Gasteiger partial charge in [-0.05, 0) is 43.9 Å². The van der Waals surface area contributed by atoms with Crippen LogP contribution in [0.25, 0.3) is 0 Å². The maximum atomic E-state index is 9.76. The van der Waals surface area contributed by atoms with Gasteiger partial charge >= 0.3 is 0 Å². The summed E-state index contributed by atoms with van der Waals surface area (Å²) in [6.45, 7) is 5.08. The molecule has 94 valence electrons. The Kier molecular flexibility index (Phi) is 4.02. The van der Waals surface area contributed by atoms with Gasteiger partial charge in [-0.1, -0.05) is 12.1 Å². The molecule has 0 bridgehead atoms. The van der Waals surface area contributed by atoms with Crippen LogP contribution in [0.2, 0.25) is 0 Å². The number of aliphatic hydroxyl groups excluding tert-OH is 1. The number of hydrogen-bond donors (Lipinski definition) is 2. The van der Waals surface area contributed by atoms with Crippen LogP contribution in [0.15, 0.2) is 18.2 Å². The number of aryl methyl sites for hydroxylation is 1. The van der Waals surface area contributed by atoms with Crippen molar-refractivity contribution in [3.63, 3.8) is 0 Å². The highest BCUT2D eigenvalue weighted by molar-refractivity contribution is 5.38. The van der Waals surface area contributed by atoms with Crippen LogP contribution in [0.5, 0.6) is 5.75 Å². The van der Waals surface area contributed by atoms with Crippen LogP contribution in [-0.2, 0) is 0 Å². The van der Waals surface area contributed by atoms with Gasteiger partial charge in [0, 0.05) is 12.6 Å². The number of hydrogen-bond acceptors (Lipinski definition) is 3. The summed E-state index contributed by atoms with van der Waals surface area (Å²) in [7, 11) is 0. The number of ether oxygens (including phenoxy) is 1. The minimum atomic E-state index is -0.435. The van der Waals surface area contributed by atoms with E-state index >= 15 is 0 Å². The van der Waals surface area contributed by atoms with Gasteiger partial charge in [-0.2, -0.15) is 0 Å². The predicted molar refractivity (Wildman–Crippen MR) is 68.4 cm³/mol. The molecule has 0 aliphatic heterocycles. The molecular weight excluding hydrogens is 214 g/mol. The van der Waals surface area contributed by atoms with E-state index in [-0.39, 0.29) is 0 Å². The summed E-state index contributed by atoms with van der Waals surface area (Å²) in [4.78, 5) is 0.